The van der Waals surface area contributed by atoms with Gasteiger partial charge in [-0.1, -0.05) is 36.3 Å². The van der Waals surface area contributed by atoms with Crippen LogP contribution in [-0.4, -0.2) is 0 Å². The van der Waals surface area contributed by atoms with Crippen LogP contribution < -0.4 is 0 Å². The van der Waals surface area contributed by atoms with E-state index in [1.807, 2.05) is 6.92 Å². The zero-order valence-corrected chi connectivity index (χ0v) is 8.66. The van der Waals surface area contributed by atoms with Crippen LogP contribution in [-0.2, 0) is 6.42 Å². The summed E-state index contributed by atoms with van der Waals surface area (Å²) in [6, 6.07) is 10.7. The minimum absolute atomic E-state index is 0.712. The van der Waals surface area contributed by atoms with Gasteiger partial charge in [0.15, 0.2) is 0 Å². The van der Waals surface area contributed by atoms with Crippen LogP contribution in [0.4, 0.5) is 0 Å². The molecule has 1 aromatic rings. The average Bonchev–Trinajstić information content (AvgIpc) is 2.96. The van der Waals surface area contributed by atoms with Gasteiger partial charge >= 0.3 is 0 Å². The molecule has 72 valence electrons. The largest absolute Gasteiger partial charge is 0.106 e. The van der Waals surface area contributed by atoms with E-state index in [-0.39, 0.29) is 0 Å². The first-order valence-electron chi connectivity index (χ1n) is 5.36. The lowest BCUT2D eigenvalue weighted by atomic mass is 10.1. The van der Waals surface area contributed by atoms with Crippen molar-refractivity contribution in [1.29, 1.82) is 0 Å². The fourth-order valence-corrected chi connectivity index (χ4v) is 1.93. The van der Waals surface area contributed by atoms with Crippen molar-refractivity contribution in [2.75, 3.05) is 0 Å². The van der Waals surface area contributed by atoms with Gasteiger partial charge in [-0.3, -0.25) is 0 Å². The Labute approximate surface area is 86.3 Å². The van der Waals surface area contributed by atoms with Gasteiger partial charge in [0.2, 0.25) is 0 Å². The number of rotatable bonds is 3. The predicted octanol–water partition coefficient (Wildman–Crippen LogP) is 3.28. The molecule has 2 unspecified atom stereocenters. The molecule has 0 heterocycles. The van der Waals surface area contributed by atoms with Crippen LogP contribution in [0, 0.1) is 23.7 Å². The van der Waals surface area contributed by atoms with Crippen molar-refractivity contribution in [3.05, 3.63) is 35.9 Å². The van der Waals surface area contributed by atoms with Gasteiger partial charge in [-0.2, -0.15) is 0 Å². The van der Waals surface area contributed by atoms with Gasteiger partial charge in [0.25, 0.3) is 0 Å². The van der Waals surface area contributed by atoms with Crippen LogP contribution >= 0.6 is 0 Å². The summed E-state index contributed by atoms with van der Waals surface area (Å²) < 4.78 is 0. The first-order chi connectivity index (χ1) is 6.90. The molecule has 0 spiro atoms. The van der Waals surface area contributed by atoms with Crippen molar-refractivity contribution in [3.63, 3.8) is 0 Å². The summed E-state index contributed by atoms with van der Waals surface area (Å²) in [7, 11) is 0. The molecule has 0 nitrogen and oxygen atoms in total. The standard InChI is InChI=1S/C14H16/c1-2-6-13-11-14(13)10-9-12-7-4-3-5-8-12/h3-5,7-8,13-14H,9-11H2,1H3. The molecule has 1 aliphatic rings. The second kappa shape index (κ2) is 4.33. The van der Waals surface area contributed by atoms with Gasteiger partial charge in [0.05, 0.1) is 0 Å². The molecule has 1 saturated carbocycles. The Morgan fingerprint density at radius 2 is 2.07 bits per heavy atom. The smallest absolute Gasteiger partial charge is 0.0234 e. The Hall–Kier alpha value is -1.22. The number of hydrogen-bond acceptors (Lipinski definition) is 0. The lowest BCUT2D eigenvalue weighted by Gasteiger charge is -1.98. The van der Waals surface area contributed by atoms with Crippen LogP contribution in [0.15, 0.2) is 30.3 Å². The molecule has 0 amide bonds. The molecule has 0 aliphatic heterocycles. The molecule has 14 heavy (non-hydrogen) atoms. The van der Waals surface area contributed by atoms with Crippen molar-refractivity contribution in [3.8, 4) is 11.8 Å². The minimum Gasteiger partial charge on any atom is -0.106 e. The molecular weight excluding hydrogens is 168 g/mol. The highest BCUT2D eigenvalue weighted by molar-refractivity contribution is 5.16. The van der Waals surface area contributed by atoms with Crippen LogP contribution in [0.5, 0.6) is 0 Å². The Morgan fingerprint density at radius 1 is 1.29 bits per heavy atom. The molecule has 1 fully saturated rings. The van der Waals surface area contributed by atoms with E-state index in [4.69, 9.17) is 0 Å². The lowest BCUT2D eigenvalue weighted by molar-refractivity contribution is 0.701. The van der Waals surface area contributed by atoms with Crippen LogP contribution in [0.25, 0.3) is 0 Å². The van der Waals surface area contributed by atoms with Crippen molar-refractivity contribution in [1.82, 2.24) is 0 Å². The highest BCUT2D eigenvalue weighted by Gasteiger charge is 2.34. The molecule has 0 aromatic heterocycles. The number of benzene rings is 1. The van der Waals surface area contributed by atoms with E-state index in [2.05, 4.69) is 42.2 Å². The second-order valence-electron chi connectivity index (χ2n) is 4.02. The molecule has 0 saturated heterocycles. The van der Waals surface area contributed by atoms with E-state index in [0.29, 0.717) is 5.92 Å². The van der Waals surface area contributed by atoms with Crippen molar-refractivity contribution >= 4 is 0 Å². The molecule has 1 aliphatic carbocycles. The molecule has 0 N–H and O–H groups in total. The Kier molecular flexibility index (Phi) is 2.89. The Balaban J connectivity index is 1.76. The third-order valence-electron chi connectivity index (χ3n) is 2.90. The topological polar surface area (TPSA) is 0 Å². The number of aryl methyl sites for hydroxylation is 1. The number of hydrogen-bond donors (Lipinski definition) is 0. The van der Waals surface area contributed by atoms with Gasteiger partial charge < -0.3 is 0 Å². The van der Waals surface area contributed by atoms with Crippen LogP contribution in [0.3, 0.4) is 0 Å². The van der Waals surface area contributed by atoms with Crippen molar-refractivity contribution in [2.45, 2.75) is 26.2 Å². The Bertz CT molecular complexity index is 339. The summed E-state index contributed by atoms with van der Waals surface area (Å²) in [5.74, 6) is 7.85. The second-order valence-corrected chi connectivity index (χ2v) is 4.02. The quantitative estimate of drug-likeness (QED) is 0.632. The maximum Gasteiger partial charge on any atom is 0.0234 e. The monoisotopic (exact) mass is 184 g/mol. The summed E-state index contributed by atoms with van der Waals surface area (Å²) in [6.07, 6.45) is 3.85. The van der Waals surface area contributed by atoms with E-state index >= 15 is 0 Å². The normalized spacial score (nSPS) is 23.8. The third kappa shape index (κ3) is 2.39. The third-order valence-corrected chi connectivity index (χ3v) is 2.90. The highest BCUT2D eigenvalue weighted by Crippen LogP contribution is 2.41. The van der Waals surface area contributed by atoms with Crippen LogP contribution in [0.1, 0.15) is 25.3 Å². The summed E-state index contributed by atoms with van der Waals surface area (Å²) >= 11 is 0. The molecule has 0 heteroatoms. The highest BCUT2D eigenvalue weighted by atomic mass is 14.4. The molecule has 2 atom stereocenters. The van der Waals surface area contributed by atoms with Crippen LogP contribution in [0.2, 0.25) is 0 Å². The van der Waals surface area contributed by atoms with Gasteiger partial charge in [-0.25, -0.2) is 0 Å². The van der Waals surface area contributed by atoms with E-state index in [9.17, 15) is 0 Å². The molecule has 2 rings (SSSR count). The zero-order valence-electron chi connectivity index (χ0n) is 8.66. The maximum absolute atomic E-state index is 3.26. The summed E-state index contributed by atoms with van der Waals surface area (Å²) in [5, 5.41) is 0. The molecular formula is C14H16. The first-order valence-corrected chi connectivity index (χ1v) is 5.36. The van der Waals surface area contributed by atoms with Gasteiger partial charge in [0, 0.05) is 5.92 Å². The van der Waals surface area contributed by atoms with E-state index < -0.39 is 0 Å². The zero-order chi connectivity index (χ0) is 9.80. The van der Waals surface area contributed by atoms with E-state index in [1.54, 1.807) is 0 Å². The molecule has 0 radical (unpaired) electrons. The summed E-state index contributed by atoms with van der Waals surface area (Å²) in [5.41, 5.74) is 1.46. The van der Waals surface area contributed by atoms with E-state index in [0.717, 1.165) is 5.92 Å². The van der Waals surface area contributed by atoms with Crippen molar-refractivity contribution < 1.29 is 0 Å². The maximum atomic E-state index is 3.26. The summed E-state index contributed by atoms with van der Waals surface area (Å²) in [6.45, 7) is 1.94. The van der Waals surface area contributed by atoms with Gasteiger partial charge in [0.1, 0.15) is 0 Å². The molecule has 1 aromatic carbocycles. The predicted molar refractivity (Wildman–Crippen MR) is 59.8 cm³/mol. The van der Waals surface area contributed by atoms with Gasteiger partial charge in [-0.05, 0) is 37.7 Å². The fourth-order valence-electron chi connectivity index (χ4n) is 1.93. The minimum atomic E-state index is 0.712. The molecule has 0 bridgehead atoms. The van der Waals surface area contributed by atoms with E-state index in [1.165, 1.54) is 24.8 Å². The SMILES string of the molecule is CC#CC1CC1CCc1ccccc1. The lowest BCUT2D eigenvalue weighted by Crippen LogP contribution is -1.87. The van der Waals surface area contributed by atoms with Crippen molar-refractivity contribution in [2.24, 2.45) is 11.8 Å². The fraction of sp³-hybridized carbons (Fsp3) is 0.429. The van der Waals surface area contributed by atoms with Gasteiger partial charge in [-0.15, -0.1) is 5.92 Å². The Morgan fingerprint density at radius 3 is 2.79 bits per heavy atom. The average molecular weight is 184 g/mol. The first kappa shape index (κ1) is 9.34. The summed E-state index contributed by atoms with van der Waals surface area (Å²) in [4.78, 5) is 0.